The van der Waals surface area contributed by atoms with Crippen LogP contribution < -0.4 is 10.1 Å². The Hall–Kier alpha value is -2.64. The zero-order valence-electron chi connectivity index (χ0n) is 17.2. The fraction of sp³-hybridized carbons (Fsp3) is 0.130. The normalized spacial score (nSPS) is 10.9. The number of carbonyl (C=O) groups is 1. The van der Waals surface area contributed by atoms with E-state index < -0.39 is 5.91 Å². The first kappa shape index (κ1) is 23.5. The largest absolute Gasteiger partial charge is 0.484 e. The Morgan fingerprint density at radius 3 is 2.67 bits per heavy atom. The number of hydrogen-bond acceptors (Lipinski definition) is 4. The molecule has 1 amide bonds. The topological polar surface area (TPSA) is 69.3 Å². The summed E-state index contributed by atoms with van der Waals surface area (Å²) in [6.45, 7) is 2.41. The minimum Gasteiger partial charge on any atom is -0.484 e. The van der Waals surface area contributed by atoms with Gasteiger partial charge in [0.1, 0.15) is 23.1 Å². The molecule has 0 bridgehead atoms. The van der Waals surface area contributed by atoms with Crippen LogP contribution >= 0.6 is 46.4 Å². The van der Waals surface area contributed by atoms with E-state index in [0.717, 1.165) is 11.3 Å². The molecular formula is C23H17Cl4N3O3. The van der Waals surface area contributed by atoms with Crippen LogP contribution in [0.4, 0.5) is 5.82 Å². The summed E-state index contributed by atoms with van der Waals surface area (Å²) in [5.74, 6) is 0.959. The van der Waals surface area contributed by atoms with Crippen molar-refractivity contribution < 1.29 is 13.9 Å². The van der Waals surface area contributed by atoms with Gasteiger partial charge in [0.15, 0.2) is 11.6 Å². The quantitative estimate of drug-likeness (QED) is 0.276. The van der Waals surface area contributed by atoms with Crippen molar-refractivity contribution in [1.82, 2.24) is 9.78 Å². The van der Waals surface area contributed by atoms with E-state index in [-0.39, 0.29) is 12.4 Å². The molecule has 2 aromatic heterocycles. The van der Waals surface area contributed by atoms with Gasteiger partial charge in [-0.15, -0.1) is 0 Å². The van der Waals surface area contributed by atoms with E-state index in [4.69, 9.17) is 55.6 Å². The predicted octanol–water partition coefficient (Wildman–Crippen LogP) is 7.28. The first-order chi connectivity index (χ1) is 15.8. The van der Waals surface area contributed by atoms with Gasteiger partial charge in [0, 0.05) is 21.8 Å². The van der Waals surface area contributed by atoms with Gasteiger partial charge < -0.3 is 14.5 Å². The number of benzene rings is 2. The summed E-state index contributed by atoms with van der Waals surface area (Å²) in [7, 11) is 0. The Morgan fingerprint density at radius 2 is 1.88 bits per heavy atom. The van der Waals surface area contributed by atoms with Crippen molar-refractivity contribution in [1.29, 1.82) is 0 Å². The van der Waals surface area contributed by atoms with Crippen molar-refractivity contribution >= 4 is 58.1 Å². The molecule has 0 spiro atoms. The lowest BCUT2D eigenvalue weighted by atomic mass is 10.2. The highest BCUT2D eigenvalue weighted by Gasteiger charge is 2.15. The number of aryl methyl sites for hydroxylation is 1. The SMILES string of the molecule is Cc1cc(NC(=O)c2ccc(COc3cccc(Cl)c3Cl)o2)nn1Cc1ccc(Cl)cc1Cl. The standard InChI is InChI=1S/C23H17Cl4N3O3/c1-13-9-21(29-30(13)11-14-5-6-15(24)10-18(14)26)28-23(31)20-8-7-16(33-20)12-32-19-4-2-3-17(25)22(19)27/h2-10H,11-12H2,1H3,(H,28,29,31). The number of nitrogens with zero attached hydrogens (tertiary/aromatic N) is 2. The minimum atomic E-state index is -0.434. The number of amides is 1. The monoisotopic (exact) mass is 523 g/mol. The van der Waals surface area contributed by atoms with Crippen molar-refractivity contribution in [2.75, 3.05) is 5.32 Å². The number of anilines is 1. The lowest BCUT2D eigenvalue weighted by molar-refractivity contribution is 0.0992. The van der Waals surface area contributed by atoms with E-state index in [1.165, 1.54) is 0 Å². The molecule has 10 heteroatoms. The second-order valence-corrected chi connectivity index (χ2v) is 8.75. The summed E-state index contributed by atoms with van der Waals surface area (Å²) >= 11 is 24.3. The van der Waals surface area contributed by atoms with Crippen LogP contribution in [0.2, 0.25) is 20.1 Å². The van der Waals surface area contributed by atoms with Gasteiger partial charge in [-0.2, -0.15) is 5.10 Å². The summed E-state index contributed by atoms with van der Waals surface area (Å²) in [5.41, 5.74) is 1.71. The van der Waals surface area contributed by atoms with Crippen molar-refractivity contribution in [3.05, 3.63) is 97.5 Å². The molecule has 0 aliphatic heterocycles. The molecule has 0 radical (unpaired) electrons. The van der Waals surface area contributed by atoms with Crippen LogP contribution in [-0.4, -0.2) is 15.7 Å². The highest BCUT2D eigenvalue weighted by Crippen LogP contribution is 2.32. The number of nitrogens with one attached hydrogen (secondary N) is 1. The Kier molecular flexibility index (Phi) is 7.20. The molecule has 4 aromatic rings. The van der Waals surface area contributed by atoms with Gasteiger partial charge in [0.05, 0.1) is 11.6 Å². The van der Waals surface area contributed by atoms with Crippen LogP contribution in [0.3, 0.4) is 0 Å². The van der Waals surface area contributed by atoms with Crippen molar-refractivity contribution in [2.45, 2.75) is 20.1 Å². The van der Waals surface area contributed by atoms with Gasteiger partial charge in [0.25, 0.3) is 5.91 Å². The maximum absolute atomic E-state index is 12.6. The first-order valence-electron chi connectivity index (χ1n) is 9.75. The van der Waals surface area contributed by atoms with E-state index >= 15 is 0 Å². The van der Waals surface area contributed by atoms with Gasteiger partial charge in [-0.25, -0.2) is 0 Å². The molecule has 0 fully saturated rings. The van der Waals surface area contributed by atoms with Gasteiger partial charge in [-0.3, -0.25) is 9.48 Å². The molecule has 1 N–H and O–H groups in total. The lowest BCUT2D eigenvalue weighted by Gasteiger charge is -2.07. The van der Waals surface area contributed by atoms with Gasteiger partial charge in [-0.1, -0.05) is 58.5 Å². The summed E-state index contributed by atoms with van der Waals surface area (Å²) in [6.07, 6.45) is 0. The molecule has 0 saturated heterocycles. The number of ether oxygens (including phenoxy) is 1. The molecule has 0 aliphatic rings. The Bertz CT molecular complexity index is 1320. The number of aromatic nitrogens is 2. The van der Waals surface area contributed by atoms with Crippen molar-refractivity contribution in [3.63, 3.8) is 0 Å². The number of hydrogen-bond donors (Lipinski definition) is 1. The van der Waals surface area contributed by atoms with Crippen LogP contribution in [0, 0.1) is 6.92 Å². The van der Waals surface area contributed by atoms with E-state index in [1.807, 2.05) is 13.0 Å². The number of furan rings is 1. The third-order valence-corrected chi connectivity index (χ3v) is 6.12. The average Bonchev–Trinajstić information content (AvgIpc) is 3.38. The maximum atomic E-state index is 12.6. The molecule has 4 rings (SSSR count). The Labute approximate surface area is 210 Å². The number of rotatable bonds is 7. The molecule has 0 aliphatic carbocycles. The molecule has 170 valence electrons. The minimum absolute atomic E-state index is 0.0862. The average molecular weight is 525 g/mol. The second-order valence-electron chi connectivity index (χ2n) is 7.13. The van der Waals surface area contributed by atoms with E-state index in [2.05, 4.69) is 10.4 Å². The van der Waals surface area contributed by atoms with Crippen LogP contribution in [0.15, 0.2) is 59.0 Å². The number of halogens is 4. The van der Waals surface area contributed by atoms with Crippen LogP contribution in [0.1, 0.15) is 27.6 Å². The van der Waals surface area contributed by atoms with Crippen molar-refractivity contribution in [2.24, 2.45) is 0 Å². The third-order valence-electron chi connectivity index (χ3n) is 4.73. The van der Waals surface area contributed by atoms with E-state index in [0.29, 0.717) is 44.0 Å². The summed E-state index contributed by atoms with van der Waals surface area (Å²) < 4.78 is 13.0. The van der Waals surface area contributed by atoms with E-state index in [9.17, 15) is 4.79 Å². The molecule has 2 aromatic carbocycles. The Balaban J connectivity index is 1.39. The van der Waals surface area contributed by atoms with Gasteiger partial charge >= 0.3 is 0 Å². The highest BCUT2D eigenvalue weighted by molar-refractivity contribution is 6.42. The highest BCUT2D eigenvalue weighted by atomic mass is 35.5. The maximum Gasteiger partial charge on any atom is 0.292 e. The molecule has 33 heavy (non-hydrogen) atoms. The summed E-state index contributed by atoms with van der Waals surface area (Å²) in [4.78, 5) is 12.6. The van der Waals surface area contributed by atoms with Crippen LogP contribution in [0.5, 0.6) is 5.75 Å². The van der Waals surface area contributed by atoms with E-state index in [1.54, 1.807) is 53.2 Å². The molecule has 0 saturated carbocycles. The fourth-order valence-electron chi connectivity index (χ4n) is 3.04. The molecule has 0 unspecified atom stereocenters. The molecular weight excluding hydrogens is 508 g/mol. The molecule has 2 heterocycles. The Morgan fingerprint density at radius 1 is 1.06 bits per heavy atom. The smallest absolute Gasteiger partial charge is 0.292 e. The van der Waals surface area contributed by atoms with Crippen LogP contribution in [-0.2, 0) is 13.2 Å². The summed E-state index contributed by atoms with van der Waals surface area (Å²) in [6, 6.07) is 15.3. The van der Waals surface area contributed by atoms with Gasteiger partial charge in [0.2, 0.25) is 0 Å². The molecule has 0 atom stereocenters. The zero-order valence-corrected chi connectivity index (χ0v) is 20.3. The number of carbonyl (C=O) groups excluding carboxylic acids is 1. The predicted molar refractivity (Wildman–Crippen MR) is 130 cm³/mol. The lowest BCUT2D eigenvalue weighted by Crippen LogP contribution is -2.12. The van der Waals surface area contributed by atoms with Crippen molar-refractivity contribution in [3.8, 4) is 5.75 Å². The second kappa shape index (κ2) is 10.1. The third kappa shape index (κ3) is 5.65. The first-order valence-corrected chi connectivity index (χ1v) is 11.3. The summed E-state index contributed by atoms with van der Waals surface area (Å²) in [5, 5.41) is 8.99. The van der Waals surface area contributed by atoms with Gasteiger partial charge in [-0.05, 0) is 48.9 Å². The fourth-order valence-corrected chi connectivity index (χ4v) is 3.86. The molecule has 6 nitrogen and oxygen atoms in total. The van der Waals surface area contributed by atoms with Crippen LogP contribution in [0.25, 0.3) is 0 Å². The zero-order chi connectivity index (χ0) is 23.5.